The van der Waals surface area contributed by atoms with Crippen molar-refractivity contribution in [3.8, 4) is 0 Å². The van der Waals surface area contributed by atoms with Crippen LogP contribution in [0.25, 0.3) is 0 Å². The molecule has 1 fully saturated rings. The van der Waals surface area contributed by atoms with Gasteiger partial charge >= 0.3 is 6.18 Å². The van der Waals surface area contributed by atoms with Crippen LogP contribution in [0.5, 0.6) is 0 Å². The number of aryl methyl sites for hydroxylation is 2. The molecule has 9 heteroatoms. The average Bonchev–Trinajstić information content (AvgIpc) is 3.12. The van der Waals surface area contributed by atoms with Gasteiger partial charge in [0.25, 0.3) is 0 Å². The van der Waals surface area contributed by atoms with Crippen LogP contribution in [0.1, 0.15) is 35.5 Å². The van der Waals surface area contributed by atoms with Crippen LogP contribution in [-0.4, -0.2) is 50.4 Å². The van der Waals surface area contributed by atoms with Crippen molar-refractivity contribution < 1.29 is 17.9 Å². The number of alkyl halides is 3. The van der Waals surface area contributed by atoms with Crippen LogP contribution in [0.2, 0.25) is 0 Å². The van der Waals surface area contributed by atoms with E-state index in [2.05, 4.69) is 15.1 Å². The Labute approximate surface area is 150 Å². The van der Waals surface area contributed by atoms with E-state index in [9.17, 15) is 13.2 Å². The van der Waals surface area contributed by atoms with E-state index in [1.165, 1.54) is 0 Å². The van der Waals surface area contributed by atoms with Crippen LogP contribution >= 0.6 is 0 Å². The van der Waals surface area contributed by atoms with Crippen LogP contribution in [0, 0.1) is 13.8 Å². The first-order chi connectivity index (χ1) is 12.3. The number of hydrogen-bond acceptors (Lipinski definition) is 4. The summed E-state index contributed by atoms with van der Waals surface area (Å²) in [5, 5.41) is 8.42. The fraction of sp³-hybridized carbons (Fsp3) is 0.647. The number of nitrogens with zero attached hydrogens (tertiary/aromatic N) is 5. The predicted molar refractivity (Wildman–Crippen MR) is 89.6 cm³/mol. The maximum atomic E-state index is 12.8. The molecule has 0 radical (unpaired) electrons. The molecule has 0 saturated carbocycles. The molecule has 1 saturated heterocycles. The second-order valence-electron chi connectivity index (χ2n) is 6.62. The summed E-state index contributed by atoms with van der Waals surface area (Å²) in [4.78, 5) is 2.23. The molecule has 0 amide bonds. The highest BCUT2D eigenvalue weighted by atomic mass is 19.4. The Bertz CT molecular complexity index is 752. The van der Waals surface area contributed by atoms with E-state index >= 15 is 0 Å². The minimum absolute atomic E-state index is 0.115. The van der Waals surface area contributed by atoms with E-state index in [-0.39, 0.29) is 6.04 Å². The summed E-state index contributed by atoms with van der Waals surface area (Å²) >= 11 is 0. The quantitative estimate of drug-likeness (QED) is 0.811. The first-order valence-electron chi connectivity index (χ1n) is 8.72. The summed E-state index contributed by atoms with van der Waals surface area (Å²) in [6.45, 7) is 7.65. The maximum absolute atomic E-state index is 12.8. The van der Waals surface area contributed by atoms with Gasteiger partial charge in [0, 0.05) is 42.7 Å². The van der Waals surface area contributed by atoms with Crippen LogP contribution in [-0.2, 0) is 24.4 Å². The van der Waals surface area contributed by atoms with Crippen molar-refractivity contribution in [2.45, 2.75) is 52.6 Å². The van der Waals surface area contributed by atoms with Gasteiger partial charge in [-0.2, -0.15) is 23.4 Å². The molecule has 6 nitrogen and oxygen atoms in total. The molecule has 0 aromatic carbocycles. The number of morpholine rings is 1. The van der Waals surface area contributed by atoms with Crippen molar-refractivity contribution in [2.24, 2.45) is 0 Å². The molecule has 3 heterocycles. The molecule has 0 N–H and O–H groups in total. The highest BCUT2D eigenvalue weighted by molar-refractivity contribution is 5.29. The Kier molecular flexibility index (Phi) is 5.38. The molecule has 0 spiro atoms. The third-order valence-electron chi connectivity index (χ3n) is 4.74. The first kappa shape index (κ1) is 18.9. The molecular formula is C17H24F3N5O. The van der Waals surface area contributed by atoms with Crippen LogP contribution < -0.4 is 0 Å². The topological polar surface area (TPSA) is 48.1 Å². The average molecular weight is 371 g/mol. The van der Waals surface area contributed by atoms with Gasteiger partial charge in [0.1, 0.15) is 6.54 Å². The van der Waals surface area contributed by atoms with E-state index in [1.54, 1.807) is 13.8 Å². The van der Waals surface area contributed by atoms with Crippen LogP contribution in [0.4, 0.5) is 13.2 Å². The molecule has 3 rings (SSSR count). The molecule has 2 aromatic heterocycles. The van der Waals surface area contributed by atoms with Crippen molar-refractivity contribution in [3.05, 3.63) is 34.9 Å². The molecule has 26 heavy (non-hydrogen) atoms. The van der Waals surface area contributed by atoms with E-state index in [4.69, 9.17) is 4.74 Å². The molecule has 0 aliphatic carbocycles. The minimum atomic E-state index is -4.29. The van der Waals surface area contributed by atoms with Gasteiger partial charge in [-0.15, -0.1) is 0 Å². The zero-order valence-corrected chi connectivity index (χ0v) is 15.3. The molecular weight excluding hydrogens is 347 g/mol. The van der Waals surface area contributed by atoms with Crippen molar-refractivity contribution in [1.29, 1.82) is 0 Å². The number of ether oxygens (including phenoxy) is 1. The predicted octanol–water partition coefficient (Wildman–Crippen LogP) is 2.85. The summed E-state index contributed by atoms with van der Waals surface area (Å²) in [5.74, 6) is 0. The molecule has 0 bridgehead atoms. The van der Waals surface area contributed by atoms with Gasteiger partial charge in [-0.05, 0) is 20.8 Å². The summed E-state index contributed by atoms with van der Waals surface area (Å²) in [5.41, 5.74) is 3.08. The van der Waals surface area contributed by atoms with Crippen molar-refractivity contribution in [1.82, 2.24) is 24.5 Å². The maximum Gasteiger partial charge on any atom is 0.408 e. The normalized spacial score (nSPS) is 19.2. The first-order valence-corrected chi connectivity index (χ1v) is 8.72. The zero-order valence-electron chi connectivity index (χ0n) is 15.3. The van der Waals surface area contributed by atoms with Crippen LogP contribution in [0.3, 0.4) is 0 Å². The van der Waals surface area contributed by atoms with Crippen molar-refractivity contribution in [2.75, 3.05) is 19.8 Å². The number of rotatable bonds is 5. The summed E-state index contributed by atoms with van der Waals surface area (Å²) in [7, 11) is 0. The van der Waals surface area contributed by atoms with Gasteiger partial charge in [-0.1, -0.05) is 0 Å². The van der Waals surface area contributed by atoms with Crippen molar-refractivity contribution >= 4 is 0 Å². The van der Waals surface area contributed by atoms with Gasteiger partial charge in [0.15, 0.2) is 0 Å². The van der Waals surface area contributed by atoms with Crippen LogP contribution in [0.15, 0.2) is 12.4 Å². The fourth-order valence-corrected chi connectivity index (χ4v) is 3.51. The molecule has 1 aliphatic rings. The Balaban J connectivity index is 1.85. The SMILES string of the molecule is CCn1cc(CN2CCOC[C@H]2c2c(C)nn(CC(F)(F)F)c2C)cn1. The third-order valence-corrected chi connectivity index (χ3v) is 4.74. The second-order valence-corrected chi connectivity index (χ2v) is 6.62. The van der Waals surface area contributed by atoms with Gasteiger partial charge in [-0.3, -0.25) is 14.3 Å². The van der Waals surface area contributed by atoms with E-state index in [0.29, 0.717) is 37.7 Å². The highest BCUT2D eigenvalue weighted by Crippen LogP contribution is 2.31. The van der Waals surface area contributed by atoms with Gasteiger partial charge in [0.05, 0.1) is 31.1 Å². The lowest BCUT2D eigenvalue weighted by molar-refractivity contribution is -0.143. The lowest BCUT2D eigenvalue weighted by Gasteiger charge is -2.35. The lowest BCUT2D eigenvalue weighted by Crippen LogP contribution is -2.39. The number of aromatic nitrogens is 4. The van der Waals surface area contributed by atoms with E-state index in [0.717, 1.165) is 22.4 Å². The monoisotopic (exact) mass is 371 g/mol. The van der Waals surface area contributed by atoms with E-state index < -0.39 is 12.7 Å². The highest BCUT2D eigenvalue weighted by Gasteiger charge is 2.33. The van der Waals surface area contributed by atoms with Crippen molar-refractivity contribution in [3.63, 3.8) is 0 Å². The summed E-state index contributed by atoms with van der Waals surface area (Å²) < 4.78 is 46.9. The third kappa shape index (κ3) is 4.09. The Morgan fingerprint density at radius 1 is 1.31 bits per heavy atom. The van der Waals surface area contributed by atoms with Gasteiger partial charge in [-0.25, -0.2) is 0 Å². The molecule has 2 aromatic rings. The zero-order chi connectivity index (χ0) is 18.9. The summed E-state index contributed by atoms with van der Waals surface area (Å²) in [6.07, 6.45) is -0.458. The minimum Gasteiger partial charge on any atom is -0.378 e. The fourth-order valence-electron chi connectivity index (χ4n) is 3.51. The Morgan fingerprint density at radius 2 is 2.08 bits per heavy atom. The largest absolute Gasteiger partial charge is 0.408 e. The number of hydrogen-bond donors (Lipinski definition) is 0. The van der Waals surface area contributed by atoms with E-state index in [1.807, 2.05) is 24.0 Å². The Hall–Kier alpha value is -1.87. The van der Waals surface area contributed by atoms with Gasteiger partial charge < -0.3 is 4.74 Å². The number of halogens is 3. The lowest BCUT2D eigenvalue weighted by atomic mass is 10.0. The Morgan fingerprint density at radius 3 is 2.73 bits per heavy atom. The molecule has 144 valence electrons. The summed E-state index contributed by atoms with van der Waals surface area (Å²) in [6, 6.07) is -0.115. The second kappa shape index (κ2) is 7.40. The smallest absolute Gasteiger partial charge is 0.378 e. The van der Waals surface area contributed by atoms with Gasteiger partial charge in [0.2, 0.25) is 0 Å². The standard InChI is InChI=1S/C17H24F3N5O/c1-4-24-9-14(7-21-24)8-23-5-6-26-10-15(23)16-12(2)22-25(13(16)3)11-17(18,19)20/h7,9,15H,4-6,8,10-11H2,1-3H3/t15-/m0/s1. The molecule has 0 unspecified atom stereocenters. The molecule has 1 aliphatic heterocycles. The molecule has 1 atom stereocenters.